The van der Waals surface area contributed by atoms with Gasteiger partial charge in [0.2, 0.25) is 0 Å². The molecule has 1 heterocycles. The molecule has 1 rings (SSSR count). The average molecular weight is 235 g/mol. The zero-order valence-electron chi connectivity index (χ0n) is 9.80. The van der Waals surface area contributed by atoms with Gasteiger partial charge in [-0.05, 0) is 18.4 Å². The second-order valence-corrected chi connectivity index (χ2v) is 4.11. The van der Waals surface area contributed by atoms with E-state index in [0.29, 0.717) is 6.42 Å². The molecule has 0 spiro atoms. The minimum absolute atomic E-state index is 0.190. The molecule has 0 saturated carbocycles. The third-order valence-electron chi connectivity index (χ3n) is 2.14. The SMILES string of the molecule is CC(C)C[C@H](NC(=O)c1ccncn1)C([NH])=O. The second-order valence-electron chi connectivity index (χ2n) is 4.11. The fourth-order valence-corrected chi connectivity index (χ4v) is 1.36. The van der Waals surface area contributed by atoms with Crippen molar-refractivity contribution in [3.05, 3.63) is 24.3 Å². The van der Waals surface area contributed by atoms with E-state index in [1.807, 2.05) is 13.8 Å². The Kier molecular flexibility index (Phi) is 4.56. The summed E-state index contributed by atoms with van der Waals surface area (Å²) in [4.78, 5) is 30.2. The van der Waals surface area contributed by atoms with Crippen LogP contribution in [0.5, 0.6) is 0 Å². The summed E-state index contributed by atoms with van der Waals surface area (Å²) in [6.07, 6.45) is 3.15. The molecule has 1 aromatic rings. The smallest absolute Gasteiger partial charge is 0.270 e. The number of hydrogen-bond acceptors (Lipinski definition) is 4. The Balaban J connectivity index is 2.68. The van der Waals surface area contributed by atoms with Crippen molar-refractivity contribution in [3.8, 4) is 0 Å². The number of carbonyl (C=O) groups is 2. The van der Waals surface area contributed by atoms with Crippen LogP contribution in [0, 0.1) is 5.92 Å². The van der Waals surface area contributed by atoms with Crippen molar-refractivity contribution in [1.82, 2.24) is 21.0 Å². The molecule has 0 aliphatic carbocycles. The normalized spacial score (nSPS) is 12.2. The van der Waals surface area contributed by atoms with Gasteiger partial charge in [-0.25, -0.2) is 9.97 Å². The van der Waals surface area contributed by atoms with Gasteiger partial charge in [0.15, 0.2) is 0 Å². The van der Waals surface area contributed by atoms with Crippen LogP contribution >= 0.6 is 0 Å². The van der Waals surface area contributed by atoms with Crippen molar-refractivity contribution in [2.24, 2.45) is 5.92 Å². The van der Waals surface area contributed by atoms with Gasteiger partial charge in [0, 0.05) is 6.20 Å². The molecule has 2 N–H and O–H groups in total. The second kappa shape index (κ2) is 5.93. The number of rotatable bonds is 5. The predicted octanol–water partition coefficient (Wildman–Crippen LogP) is 0.431. The fourth-order valence-electron chi connectivity index (χ4n) is 1.36. The van der Waals surface area contributed by atoms with E-state index in [-0.39, 0.29) is 11.6 Å². The maximum Gasteiger partial charge on any atom is 0.270 e. The maximum absolute atomic E-state index is 11.7. The molecule has 0 bridgehead atoms. The molecule has 1 aromatic heterocycles. The minimum atomic E-state index is -0.791. The van der Waals surface area contributed by atoms with Crippen LogP contribution in [0.15, 0.2) is 18.6 Å². The first-order chi connectivity index (χ1) is 8.00. The van der Waals surface area contributed by atoms with E-state index in [1.165, 1.54) is 18.6 Å². The highest BCUT2D eigenvalue weighted by Gasteiger charge is 2.20. The Morgan fingerprint density at radius 2 is 2.18 bits per heavy atom. The molecule has 17 heavy (non-hydrogen) atoms. The molecule has 1 radical (unpaired) electrons. The van der Waals surface area contributed by atoms with E-state index < -0.39 is 17.9 Å². The van der Waals surface area contributed by atoms with Crippen LogP contribution < -0.4 is 11.1 Å². The molecular weight excluding hydrogens is 220 g/mol. The van der Waals surface area contributed by atoms with Crippen LogP contribution in [0.2, 0.25) is 0 Å². The summed E-state index contributed by atoms with van der Waals surface area (Å²) < 4.78 is 0. The first kappa shape index (κ1) is 13.1. The number of amides is 2. The summed E-state index contributed by atoms with van der Waals surface area (Å²) in [6.45, 7) is 3.85. The summed E-state index contributed by atoms with van der Waals surface area (Å²) in [5.41, 5.74) is 7.29. The molecule has 6 heteroatoms. The lowest BCUT2D eigenvalue weighted by molar-refractivity contribution is -0.120. The van der Waals surface area contributed by atoms with Crippen LogP contribution in [-0.4, -0.2) is 27.8 Å². The van der Waals surface area contributed by atoms with Gasteiger partial charge < -0.3 is 5.32 Å². The molecule has 0 aliphatic rings. The lowest BCUT2D eigenvalue weighted by atomic mass is 10.0. The molecule has 0 saturated heterocycles. The molecule has 0 aromatic carbocycles. The number of hydrogen-bond donors (Lipinski definition) is 1. The molecule has 91 valence electrons. The largest absolute Gasteiger partial charge is 0.339 e. The van der Waals surface area contributed by atoms with Crippen LogP contribution in [0.25, 0.3) is 0 Å². The summed E-state index contributed by atoms with van der Waals surface area (Å²) >= 11 is 0. The molecule has 2 amide bonds. The molecule has 6 nitrogen and oxygen atoms in total. The minimum Gasteiger partial charge on any atom is -0.339 e. The van der Waals surface area contributed by atoms with Gasteiger partial charge in [-0.3, -0.25) is 15.3 Å². The van der Waals surface area contributed by atoms with Crippen molar-refractivity contribution < 1.29 is 9.59 Å². The van der Waals surface area contributed by atoms with Gasteiger partial charge in [0.25, 0.3) is 11.8 Å². The lowest BCUT2D eigenvalue weighted by Gasteiger charge is -2.16. The van der Waals surface area contributed by atoms with Crippen LogP contribution in [0.1, 0.15) is 30.8 Å². The number of nitrogens with one attached hydrogen (secondary N) is 2. The van der Waals surface area contributed by atoms with E-state index in [4.69, 9.17) is 5.73 Å². The third-order valence-corrected chi connectivity index (χ3v) is 2.14. The predicted molar refractivity (Wildman–Crippen MR) is 60.8 cm³/mol. The summed E-state index contributed by atoms with van der Waals surface area (Å²) in [5, 5.41) is 2.50. The van der Waals surface area contributed by atoms with E-state index in [9.17, 15) is 9.59 Å². The Hall–Kier alpha value is -1.98. The van der Waals surface area contributed by atoms with Crippen molar-refractivity contribution in [2.45, 2.75) is 26.3 Å². The maximum atomic E-state index is 11.7. The Labute approximate surface area is 99.6 Å². The first-order valence-corrected chi connectivity index (χ1v) is 5.33. The van der Waals surface area contributed by atoms with Crippen LogP contribution in [0.3, 0.4) is 0 Å². The summed E-state index contributed by atoms with van der Waals surface area (Å²) in [7, 11) is 0. The van der Waals surface area contributed by atoms with E-state index in [1.54, 1.807) is 0 Å². The molecule has 0 aliphatic heterocycles. The standard InChI is InChI=1S/C11H15N4O2/c1-7(2)5-9(10(12)16)15-11(17)8-3-4-13-6-14-8/h3-4,6-7,9,12H,5H2,1-2H3,(H,15,17)/t9-/m0/s1. The number of carbonyl (C=O) groups excluding carboxylic acids is 2. The highest BCUT2D eigenvalue weighted by molar-refractivity contribution is 5.95. The summed E-state index contributed by atoms with van der Waals surface area (Å²) in [5.74, 6) is -1.03. The average Bonchev–Trinajstić information content (AvgIpc) is 2.28. The van der Waals surface area contributed by atoms with Gasteiger partial charge in [-0.15, -0.1) is 0 Å². The van der Waals surface area contributed by atoms with Crippen LogP contribution in [0.4, 0.5) is 0 Å². The quantitative estimate of drug-likeness (QED) is 0.800. The fraction of sp³-hybridized carbons (Fsp3) is 0.455. The molecule has 1 atom stereocenters. The van der Waals surface area contributed by atoms with Gasteiger partial charge in [0.1, 0.15) is 18.1 Å². The topological polar surface area (TPSA) is 95.8 Å². The Morgan fingerprint density at radius 1 is 1.47 bits per heavy atom. The zero-order valence-corrected chi connectivity index (χ0v) is 9.80. The first-order valence-electron chi connectivity index (χ1n) is 5.33. The Morgan fingerprint density at radius 3 is 2.65 bits per heavy atom. The summed E-state index contributed by atoms with van der Waals surface area (Å²) in [6, 6.07) is 0.674. The zero-order chi connectivity index (χ0) is 12.8. The van der Waals surface area contributed by atoms with Gasteiger partial charge in [0.05, 0.1) is 0 Å². The Bertz CT molecular complexity index is 392. The number of nitrogens with zero attached hydrogens (tertiary/aromatic N) is 2. The molecule has 0 unspecified atom stereocenters. The van der Waals surface area contributed by atoms with Gasteiger partial charge in [-0.2, -0.15) is 0 Å². The number of aromatic nitrogens is 2. The van der Waals surface area contributed by atoms with Crippen molar-refractivity contribution in [3.63, 3.8) is 0 Å². The van der Waals surface area contributed by atoms with Gasteiger partial charge >= 0.3 is 0 Å². The highest BCUT2D eigenvalue weighted by Crippen LogP contribution is 2.05. The monoisotopic (exact) mass is 235 g/mol. The van der Waals surface area contributed by atoms with E-state index in [2.05, 4.69) is 15.3 Å². The van der Waals surface area contributed by atoms with Gasteiger partial charge in [-0.1, -0.05) is 13.8 Å². The van der Waals surface area contributed by atoms with Crippen LogP contribution in [-0.2, 0) is 4.79 Å². The van der Waals surface area contributed by atoms with Crippen molar-refractivity contribution in [1.29, 1.82) is 0 Å². The molecular formula is C11H15N4O2. The molecule has 0 fully saturated rings. The lowest BCUT2D eigenvalue weighted by Crippen LogP contribution is -2.42. The van der Waals surface area contributed by atoms with Crippen molar-refractivity contribution >= 4 is 11.8 Å². The highest BCUT2D eigenvalue weighted by atomic mass is 16.2. The van der Waals surface area contributed by atoms with E-state index >= 15 is 0 Å². The van der Waals surface area contributed by atoms with Crippen molar-refractivity contribution in [2.75, 3.05) is 0 Å². The van der Waals surface area contributed by atoms with E-state index in [0.717, 1.165) is 0 Å². The third kappa shape index (κ3) is 4.18.